The Hall–Kier alpha value is -1.41. The zero-order chi connectivity index (χ0) is 14.2. The van der Waals surface area contributed by atoms with E-state index in [1.807, 2.05) is 6.20 Å². The molecule has 2 heteroatoms. The molecule has 0 amide bonds. The van der Waals surface area contributed by atoms with Crippen LogP contribution in [0.25, 0.3) is 10.9 Å². The summed E-state index contributed by atoms with van der Waals surface area (Å²) in [5.74, 6) is 2.78. The Morgan fingerprint density at radius 2 is 1.95 bits per heavy atom. The summed E-state index contributed by atoms with van der Waals surface area (Å²) in [5.41, 5.74) is 2.59. The van der Waals surface area contributed by atoms with Gasteiger partial charge in [-0.15, -0.1) is 0 Å². The van der Waals surface area contributed by atoms with Crippen LogP contribution in [0.15, 0.2) is 36.5 Å². The molecule has 2 aromatic rings. The van der Waals surface area contributed by atoms with Gasteiger partial charge in [0.15, 0.2) is 0 Å². The van der Waals surface area contributed by atoms with Crippen molar-refractivity contribution in [2.75, 3.05) is 6.54 Å². The molecular weight excluding hydrogens is 256 g/mol. The fraction of sp³-hybridized carbons (Fsp3) is 0.526. The van der Waals surface area contributed by atoms with Crippen LogP contribution in [0.2, 0.25) is 0 Å². The maximum Gasteiger partial charge on any atom is 0.0705 e. The number of hydrogen-bond acceptors (Lipinski definition) is 2. The van der Waals surface area contributed by atoms with E-state index in [0.29, 0.717) is 6.04 Å². The lowest BCUT2D eigenvalue weighted by Crippen LogP contribution is -2.24. The zero-order valence-corrected chi connectivity index (χ0v) is 12.8. The van der Waals surface area contributed by atoms with Crippen LogP contribution in [-0.4, -0.2) is 11.5 Å². The molecule has 3 atom stereocenters. The van der Waals surface area contributed by atoms with Crippen LogP contribution in [0.3, 0.4) is 0 Å². The molecule has 1 heterocycles. The van der Waals surface area contributed by atoms with Crippen molar-refractivity contribution < 1.29 is 0 Å². The molecule has 0 aliphatic heterocycles. The number of rotatable bonds is 4. The van der Waals surface area contributed by atoms with E-state index < -0.39 is 0 Å². The van der Waals surface area contributed by atoms with Gasteiger partial charge in [-0.3, -0.25) is 4.98 Å². The van der Waals surface area contributed by atoms with Gasteiger partial charge in [0.1, 0.15) is 0 Å². The first-order valence-electron chi connectivity index (χ1n) is 8.47. The molecule has 2 aliphatic carbocycles. The lowest BCUT2D eigenvalue weighted by atomic mass is 9.95. The molecule has 2 saturated carbocycles. The normalized spacial score (nSPS) is 29.1. The van der Waals surface area contributed by atoms with Crippen LogP contribution in [0.5, 0.6) is 0 Å². The first-order chi connectivity index (χ1) is 10.4. The molecule has 1 aromatic carbocycles. The first-order valence-corrected chi connectivity index (χ1v) is 8.47. The number of hydrogen-bond donors (Lipinski definition) is 1. The highest BCUT2D eigenvalue weighted by Crippen LogP contribution is 2.60. The molecule has 2 nitrogen and oxygen atoms in total. The molecule has 0 spiro atoms. The lowest BCUT2D eigenvalue weighted by molar-refractivity contribution is 0.459. The van der Waals surface area contributed by atoms with Gasteiger partial charge in [-0.1, -0.05) is 38.0 Å². The first kappa shape index (κ1) is 13.3. The minimum atomic E-state index is 0.510. The largest absolute Gasteiger partial charge is 0.310 e. The maximum absolute atomic E-state index is 4.53. The van der Waals surface area contributed by atoms with Crippen LogP contribution >= 0.6 is 0 Å². The van der Waals surface area contributed by atoms with E-state index in [-0.39, 0.29) is 0 Å². The predicted octanol–water partition coefficient (Wildman–Crippen LogP) is 4.32. The molecule has 2 fully saturated rings. The Bertz CT molecular complexity index is 619. The molecule has 1 aromatic heterocycles. The second kappa shape index (κ2) is 5.42. The standard InChI is InChI=1S/C19H24N2/c1-2-20-19(18-14-7-3-4-8-15(14)18)16-9-5-11-17-13(16)10-6-12-21-17/h5-6,9-12,14-15,18-20H,2-4,7-8H2,1H3. The molecule has 21 heavy (non-hydrogen) atoms. The van der Waals surface area contributed by atoms with E-state index in [4.69, 9.17) is 0 Å². The molecule has 1 N–H and O–H groups in total. The van der Waals surface area contributed by atoms with Crippen LogP contribution in [0.4, 0.5) is 0 Å². The van der Waals surface area contributed by atoms with Crippen LogP contribution in [0.1, 0.15) is 44.2 Å². The van der Waals surface area contributed by atoms with Gasteiger partial charge in [0.25, 0.3) is 0 Å². The van der Waals surface area contributed by atoms with Gasteiger partial charge in [0, 0.05) is 17.6 Å². The van der Waals surface area contributed by atoms with Crippen LogP contribution in [-0.2, 0) is 0 Å². The molecular formula is C19H24N2. The zero-order valence-electron chi connectivity index (χ0n) is 12.8. The third-order valence-corrected chi connectivity index (χ3v) is 5.55. The average Bonchev–Trinajstić information content (AvgIpc) is 3.26. The highest BCUT2D eigenvalue weighted by Gasteiger charge is 2.54. The summed E-state index contributed by atoms with van der Waals surface area (Å²) in [6.45, 7) is 3.26. The second-order valence-corrected chi connectivity index (χ2v) is 6.64. The Morgan fingerprint density at radius 3 is 2.71 bits per heavy atom. The minimum absolute atomic E-state index is 0.510. The average molecular weight is 280 g/mol. The predicted molar refractivity (Wildman–Crippen MR) is 87.1 cm³/mol. The molecule has 0 radical (unpaired) electrons. The van der Waals surface area contributed by atoms with Crippen molar-refractivity contribution in [2.45, 2.75) is 38.6 Å². The third-order valence-electron chi connectivity index (χ3n) is 5.55. The summed E-state index contributed by atoms with van der Waals surface area (Å²) < 4.78 is 0. The number of fused-ring (bicyclic) bond motifs is 2. The third kappa shape index (κ3) is 2.26. The van der Waals surface area contributed by atoms with Gasteiger partial charge in [-0.25, -0.2) is 0 Å². The SMILES string of the molecule is CCNC(c1cccc2ncccc12)C1C2CCCCC21. The summed E-state index contributed by atoms with van der Waals surface area (Å²) in [7, 11) is 0. The van der Waals surface area contributed by atoms with Gasteiger partial charge in [0.05, 0.1) is 5.52 Å². The highest BCUT2D eigenvalue weighted by molar-refractivity contribution is 5.82. The fourth-order valence-corrected chi connectivity index (χ4v) is 4.61. The van der Waals surface area contributed by atoms with Crippen molar-refractivity contribution >= 4 is 10.9 Å². The summed E-state index contributed by atoms with van der Waals surface area (Å²) in [6.07, 6.45) is 7.66. The summed E-state index contributed by atoms with van der Waals surface area (Å²) in [6, 6.07) is 11.4. The van der Waals surface area contributed by atoms with E-state index in [1.165, 1.54) is 36.6 Å². The van der Waals surface area contributed by atoms with Gasteiger partial charge < -0.3 is 5.32 Å². The van der Waals surface area contributed by atoms with Crippen molar-refractivity contribution in [1.29, 1.82) is 0 Å². The van der Waals surface area contributed by atoms with E-state index in [1.54, 1.807) is 0 Å². The molecule has 4 rings (SSSR count). The number of pyridine rings is 1. The Morgan fingerprint density at radius 1 is 1.14 bits per heavy atom. The van der Waals surface area contributed by atoms with Gasteiger partial charge in [-0.05, 0) is 54.8 Å². The Balaban J connectivity index is 1.73. The van der Waals surface area contributed by atoms with E-state index in [2.05, 4.69) is 47.6 Å². The van der Waals surface area contributed by atoms with Crippen LogP contribution < -0.4 is 5.32 Å². The highest BCUT2D eigenvalue weighted by atomic mass is 14.9. The van der Waals surface area contributed by atoms with Crippen molar-refractivity contribution in [3.63, 3.8) is 0 Å². The van der Waals surface area contributed by atoms with E-state index in [0.717, 1.165) is 29.8 Å². The van der Waals surface area contributed by atoms with E-state index in [9.17, 15) is 0 Å². The van der Waals surface area contributed by atoms with Crippen LogP contribution in [0, 0.1) is 17.8 Å². The van der Waals surface area contributed by atoms with Crippen molar-refractivity contribution in [1.82, 2.24) is 10.3 Å². The number of nitrogens with one attached hydrogen (secondary N) is 1. The van der Waals surface area contributed by atoms with Gasteiger partial charge >= 0.3 is 0 Å². The topological polar surface area (TPSA) is 24.9 Å². The van der Waals surface area contributed by atoms with Crippen molar-refractivity contribution in [3.05, 3.63) is 42.1 Å². The molecule has 0 bridgehead atoms. The fourth-order valence-electron chi connectivity index (χ4n) is 4.61. The van der Waals surface area contributed by atoms with Crippen molar-refractivity contribution in [3.8, 4) is 0 Å². The number of benzene rings is 1. The van der Waals surface area contributed by atoms with Gasteiger partial charge in [-0.2, -0.15) is 0 Å². The number of nitrogens with zero attached hydrogens (tertiary/aromatic N) is 1. The van der Waals surface area contributed by atoms with Crippen molar-refractivity contribution in [2.24, 2.45) is 17.8 Å². The Labute approximate surface area is 127 Å². The summed E-state index contributed by atoms with van der Waals surface area (Å²) in [4.78, 5) is 4.53. The van der Waals surface area contributed by atoms with Gasteiger partial charge in [0.2, 0.25) is 0 Å². The molecule has 110 valence electrons. The quantitative estimate of drug-likeness (QED) is 0.902. The summed E-state index contributed by atoms with van der Waals surface area (Å²) >= 11 is 0. The second-order valence-electron chi connectivity index (χ2n) is 6.64. The maximum atomic E-state index is 4.53. The lowest BCUT2D eigenvalue weighted by Gasteiger charge is -2.20. The molecule has 3 unspecified atom stereocenters. The minimum Gasteiger partial charge on any atom is -0.310 e. The molecule has 2 aliphatic rings. The number of aromatic nitrogens is 1. The Kier molecular flexibility index (Phi) is 3.42. The monoisotopic (exact) mass is 280 g/mol. The van der Waals surface area contributed by atoms with E-state index >= 15 is 0 Å². The summed E-state index contributed by atoms with van der Waals surface area (Å²) in [5, 5.41) is 5.11. The molecule has 0 saturated heterocycles. The smallest absolute Gasteiger partial charge is 0.0705 e.